The zero-order chi connectivity index (χ0) is 21.8. The molecule has 31 heavy (non-hydrogen) atoms. The maximum atomic E-state index is 10.00. The van der Waals surface area contributed by atoms with E-state index in [-0.39, 0.29) is 17.5 Å². The molecule has 2 fully saturated rings. The lowest BCUT2D eigenvalue weighted by molar-refractivity contribution is -0.211. The van der Waals surface area contributed by atoms with Crippen molar-refractivity contribution in [3.8, 4) is 11.5 Å². The predicted octanol–water partition coefficient (Wildman–Crippen LogP) is 4.80. The molecule has 2 saturated heterocycles. The fourth-order valence-corrected chi connectivity index (χ4v) is 4.99. The number of rotatable bonds is 6. The van der Waals surface area contributed by atoms with Crippen LogP contribution in [0.4, 0.5) is 0 Å². The molecule has 5 nitrogen and oxygen atoms in total. The molecule has 2 aromatic carbocycles. The number of aromatic hydroxyl groups is 1. The lowest BCUT2D eigenvalue weighted by Crippen LogP contribution is -2.58. The highest BCUT2D eigenvalue weighted by Crippen LogP contribution is 2.44. The third kappa shape index (κ3) is 5.05. The summed E-state index contributed by atoms with van der Waals surface area (Å²) in [5, 5.41) is 10.00. The summed E-state index contributed by atoms with van der Waals surface area (Å²) in [7, 11) is 0. The van der Waals surface area contributed by atoms with Crippen molar-refractivity contribution in [3.63, 3.8) is 0 Å². The number of phenols is 1. The van der Waals surface area contributed by atoms with Gasteiger partial charge in [-0.25, -0.2) is 0 Å². The third-order valence-corrected chi connectivity index (χ3v) is 6.56. The Morgan fingerprint density at radius 1 is 1.19 bits per heavy atom. The van der Waals surface area contributed by atoms with E-state index in [1.165, 1.54) is 5.56 Å². The van der Waals surface area contributed by atoms with Crippen molar-refractivity contribution in [2.24, 2.45) is 11.8 Å². The molecule has 0 unspecified atom stereocenters. The van der Waals surface area contributed by atoms with E-state index in [2.05, 4.69) is 49.1 Å². The highest BCUT2D eigenvalue weighted by atomic mass is 16.6. The van der Waals surface area contributed by atoms with Gasteiger partial charge in [-0.05, 0) is 48.4 Å². The Balaban J connectivity index is 1.47. The molecule has 168 valence electrons. The van der Waals surface area contributed by atoms with E-state index in [0.717, 1.165) is 31.6 Å². The highest BCUT2D eigenvalue weighted by Gasteiger charge is 2.46. The Morgan fingerprint density at radius 3 is 2.74 bits per heavy atom. The van der Waals surface area contributed by atoms with Gasteiger partial charge in [0.1, 0.15) is 5.60 Å². The third-order valence-electron chi connectivity index (χ3n) is 6.56. The van der Waals surface area contributed by atoms with Crippen LogP contribution < -0.4 is 4.74 Å². The monoisotopic (exact) mass is 425 g/mol. The van der Waals surface area contributed by atoms with Gasteiger partial charge in [0.25, 0.3) is 0 Å². The first kappa shape index (κ1) is 22.1. The molecule has 5 heteroatoms. The second-order valence-corrected chi connectivity index (χ2v) is 9.23. The average Bonchev–Trinajstić information content (AvgIpc) is 2.77. The molecule has 2 heterocycles. The first-order valence-electron chi connectivity index (χ1n) is 11.5. The Kier molecular flexibility index (Phi) is 6.85. The van der Waals surface area contributed by atoms with E-state index < -0.39 is 0 Å². The minimum absolute atomic E-state index is 0.122. The molecule has 1 N–H and O–H groups in total. The van der Waals surface area contributed by atoms with Gasteiger partial charge in [-0.1, -0.05) is 50.2 Å². The van der Waals surface area contributed by atoms with Crippen LogP contribution in [-0.2, 0) is 16.0 Å². The van der Waals surface area contributed by atoms with Crippen molar-refractivity contribution in [2.75, 3.05) is 32.9 Å². The van der Waals surface area contributed by atoms with Crippen LogP contribution in [0, 0.1) is 11.8 Å². The van der Waals surface area contributed by atoms with Gasteiger partial charge >= 0.3 is 0 Å². The summed E-state index contributed by atoms with van der Waals surface area (Å²) < 4.78 is 18.4. The van der Waals surface area contributed by atoms with E-state index in [9.17, 15) is 5.11 Å². The summed E-state index contributed by atoms with van der Waals surface area (Å²) in [5.74, 6) is 1.66. The van der Waals surface area contributed by atoms with Gasteiger partial charge in [0.2, 0.25) is 0 Å². The number of benzene rings is 2. The molecule has 0 aliphatic carbocycles. The van der Waals surface area contributed by atoms with Crippen molar-refractivity contribution >= 4 is 0 Å². The zero-order valence-corrected chi connectivity index (χ0v) is 18.9. The Bertz CT molecular complexity index is 856. The molecule has 2 aromatic rings. The van der Waals surface area contributed by atoms with Crippen LogP contribution in [0.1, 0.15) is 44.4 Å². The average molecular weight is 426 g/mol. The number of nitrogens with zero attached hydrogens (tertiary/aromatic N) is 1. The van der Waals surface area contributed by atoms with E-state index in [1.807, 2.05) is 19.1 Å². The first-order chi connectivity index (χ1) is 15.0. The van der Waals surface area contributed by atoms with E-state index in [4.69, 9.17) is 14.2 Å². The summed E-state index contributed by atoms with van der Waals surface area (Å²) in [6.07, 6.45) is 1.12. The largest absolute Gasteiger partial charge is 0.504 e. The molecule has 0 amide bonds. The Hall–Kier alpha value is -2.08. The minimum Gasteiger partial charge on any atom is -0.504 e. The highest BCUT2D eigenvalue weighted by molar-refractivity contribution is 5.41. The summed E-state index contributed by atoms with van der Waals surface area (Å²) in [6, 6.07) is 16.2. The number of phenolic OH excluding ortho intramolecular Hbond substituents is 1. The molecule has 0 radical (unpaired) electrons. The topological polar surface area (TPSA) is 51.2 Å². The molecule has 3 atom stereocenters. The van der Waals surface area contributed by atoms with Crippen molar-refractivity contribution in [2.45, 2.75) is 45.4 Å². The lowest BCUT2D eigenvalue weighted by Gasteiger charge is -2.50. The normalized spacial score (nSPS) is 27.0. The van der Waals surface area contributed by atoms with Gasteiger partial charge in [0.05, 0.1) is 25.9 Å². The summed E-state index contributed by atoms with van der Waals surface area (Å²) in [5.41, 5.74) is 2.13. The van der Waals surface area contributed by atoms with E-state index in [1.54, 1.807) is 6.07 Å². The number of morpholine rings is 1. The fourth-order valence-electron chi connectivity index (χ4n) is 4.99. The van der Waals surface area contributed by atoms with Gasteiger partial charge in [0.15, 0.2) is 11.5 Å². The van der Waals surface area contributed by atoms with Crippen LogP contribution in [0.25, 0.3) is 0 Å². The van der Waals surface area contributed by atoms with Crippen molar-refractivity contribution in [3.05, 3.63) is 59.7 Å². The Labute approximate surface area is 185 Å². The van der Waals surface area contributed by atoms with Crippen molar-refractivity contribution in [1.29, 1.82) is 0 Å². The maximum Gasteiger partial charge on any atom is 0.161 e. The summed E-state index contributed by atoms with van der Waals surface area (Å²) >= 11 is 0. The van der Waals surface area contributed by atoms with E-state index in [0.29, 0.717) is 37.4 Å². The SMILES string of the molecule is CCOc1cc(CN2CCO[C@]3(CO[C@@H](c4ccccc4)[C@H](C(C)C)C3)C2)ccc1O. The maximum absolute atomic E-state index is 10.00. The van der Waals surface area contributed by atoms with Gasteiger partial charge in [-0.2, -0.15) is 0 Å². The van der Waals surface area contributed by atoms with Crippen molar-refractivity contribution < 1.29 is 19.3 Å². The van der Waals surface area contributed by atoms with Crippen LogP contribution in [0.15, 0.2) is 48.5 Å². The quantitative estimate of drug-likeness (QED) is 0.721. The predicted molar refractivity (Wildman–Crippen MR) is 121 cm³/mol. The second kappa shape index (κ2) is 9.60. The van der Waals surface area contributed by atoms with E-state index >= 15 is 0 Å². The number of hydrogen-bond acceptors (Lipinski definition) is 5. The standard InChI is InChI=1S/C26H35NO4/c1-4-29-24-14-20(10-11-23(24)28)16-27-12-13-31-26(17-27)15-22(19(2)3)25(30-18-26)21-8-6-5-7-9-21/h5-11,14,19,22,25,28H,4,12-13,15-18H2,1-3H3/t22-,25-,26-/m0/s1. The van der Waals surface area contributed by atoms with Crippen LogP contribution >= 0.6 is 0 Å². The fraction of sp³-hybridized carbons (Fsp3) is 0.538. The number of ether oxygens (including phenoxy) is 3. The molecule has 2 aliphatic rings. The van der Waals surface area contributed by atoms with Gasteiger partial charge in [0, 0.05) is 19.6 Å². The van der Waals surface area contributed by atoms with Gasteiger partial charge in [-0.3, -0.25) is 4.90 Å². The Morgan fingerprint density at radius 2 is 2.00 bits per heavy atom. The van der Waals surface area contributed by atoms with Gasteiger partial charge in [-0.15, -0.1) is 0 Å². The van der Waals surface area contributed by atoms with Crippen molar-refractivity contribution in [1.82, 2.24) is 4.90 Å². The first-order valence-corrected chi connectivity index (χ1v) is 11.5. The van der Waals surface area contributed by atoms with Crippen LogP contribution in [-0.4, -0.2) is 48.5 Å². The molecule has 0 bridgehead atoms. The second-order valence-electron chi connectivity index (χ2n) is 9.23. The summed E-state index contributed by atoms with van der Waals surface area (Å²) in [4.78, 5) is 2.44. The molecule has 2 aliphatic heterocycles. The molecular weight excluding hydrogens is 390 g/mol. The van der Waals surface area contributed by atoms with Crippen LogP contribution in [0.3, 0.4) is 0 Å². The molecule has 1 spiro atoms. The van der Waals surface area contributed by atoms with Crippen LogP contribution in [0.2, 0.25) is 0 Å². The number of hydrogen-bond donors (Lipinski definition) is 1. The zero-order valence-electron chi connectivity index (χ0n) is 18.9. The lowest BCUT2D eigenvalue weighted by atomic mass is 9.75. The molecular formula is C26H35NO4. The molecule has 0 aromatic heterocycles. The summed E-state index contributed by atoms with van der Waals surface area (Å²) in [6.45, 7) is 10.9. The molecule has 4 rings (SSSR count). The molecule has 0 saturated carbocycles. The minimum atomic E-state index is -0.266. The van der Waals surface area contributed by atoms with Crippen LogP contribution in [0.5, 0.6) is 11.5 Å². The smallest absolute Gasteiger partial charge is 0.161 e. The van der Waals surface area contributed by atoms with Gasteiger partial charge < -0.3 is 19.3 Å².